The van der Waals surface area contributed by atoms with Crippen LogP contribution in [0.1, 0.15) is 10.9 Å². The molecule has 170 valence electrons. The van der Waals surface area contributed by atoms with Crippen molar-refractivity contribution in [1.29, 1.82) is 0 Å². The number of carbonyl (C=O) groups is 1. The first-order chi connectivity index (χ1) is 15.8. The number of aliphatic imine (C=N–C) groups is 1. The minimum atomic E-state index is -1.39. The van der Waals surface area contributed by atoms with Gasteiger partial charge in [-0.05, 0) is 48.0 Å². The molecule has 0 saturated carbocycles. The number of aromatic nitrogens is 1. The van der Waals surface area contributed by atoms with Gasteiger partial charge < -0.3 is 19.7 Å². The monoisotopic (exact) mass is 465 g/mol. The molecule has 0 saturated heterocycles. The van der Waals surface area contributed by atoms with E-state index < -0.39 is 17.5 Å². The second kappa shape index (κ2) is 10.8. The largest absolute Gasteiger partial charge is 0.467 e. The van der Waals surface area contributed by atoms with Gasteiger partial charge in [-0.15, -0.1) is 11.6 Å². The number of ether oxygens (including phenoxy) is 1. The first kappa shape index (κ1) is 24.0. The highest BCUT2D eigenvalue weighted by atomic mass is 35.5. The second-order valence-corrected chi connectivity index (χ2v) is 7.93. The Balaban J connectivity index is 0.000000218. The van der Waals surface area contributed by atoms with Crippen molar-refractivity contribution in [2.24, 2.45) is 4.99 Å². The number of alkyl halides is 1. The van der Waals surface area contributed by atoms with Crippen molar-refractivity contribution in [3.8, 4) is 0 Å². The standard InChI is InChI=1S/C16H14ClNO3.C9H10N2O/c1-21-16(20)15(19)14(17)9-6-7-13-11(8-9)10-4-2-3-5-12(10)18-13;1-11(2)9-5-3-8(4-6-9)10-7-12/h2-8,14-15,18-19H,1H3;3-6H,1-2H3. The first-order valence-electron chi connectivity index (χ1n) is 10.1. The van der Waals surface area contributed by atoms with Gasteiger partial charge >= 0.3 is 5.97 Å². The summed E-state index contributed by atoms with van der Waals surface area (Å²) in [6.45, 7) is 0. The van der Waals surface area contributed by atoms with E-state index in [1.807, 2.05) is 67.5 Å². The van der Waals surface area contributed by atoms with Gasteiger partial charge in [-0.1, -0.05) is 24.3 Å². The molecule has 0 aliphatic heterocycles. The summed E-state index contributed by atoms with van der Waals surface area (Å²) in [5, 5.41) is 11.1. The van der Waals surface area contributed by atoms with Crippen molar-refractivity contribution in [2.45, 2.75) is 11.5 Å². The molecule has 1 heterocycles. The molecule has 0 radical (unpaired) electrons. The van der Waals surface area contributed by atoms with Crippen LogP contribution in [0.3, 0.4) is 0 Å². The van der Waals surface area contributed by atoms with Gasteiger partial charge in [0.1, 0.15) is 0 Å². The van der Waals surface area contributed by atoms with Crippen molar-refractivity contribution in [3.05, 3.63) is 72.3 Å². The third kappa shape index (κ3) is 5.59. The van der Waals surface area contributed by atoms with Gasteiger partial charge in [0.2, 0.25) is 6.08 Å². The van der Waals surface area contributed by atoms with E-state index in [0.717, 1.165) is 27.5 Å². The van der Waals surface area contributed by atoms with E-state index in [-0.39, 0.29) is 0 Å². The molecule has 8 heteroatoms. The van der Waals surface area contributed by atoms with Crippen LogP contribution in [0.5, 0.6) is 0 Å². The Morgan fingerprint density at radius 2 is 1.73 bits per heavy atom. The summed E-state index contributed by atoms with van der Waals surface area (Å²) >= 11 is 6.19. The fourth-order valence-corrected chi connectivity index (χ4v) is 3.58. The molecule has 4 aromatic rings. The predicted octanol–water partition coefficient (Wildman–Crippen LogP) is 4.85. The zero-order valence-electron chi connectivity index (χ0n) is 18.4. The third-order valence-electron chi connectivity index (χ3n) is 5.11. The zero-order chi connectivity index (χ0) is 24.0. The Morgan fingerprint density at radius 3 is 2.36 bits per heavy atom. The maximum absolute atomic E-state index is 11.4. The number of hydrogen-bond acceptors (Lipinski definition) is 6. The number of para-hydroxylation sites is 1. The lowest BCUT2D eigenvalue weighted by molar-refractivity contribution is -0.150. The van der Waals surface area contributed by atoms with E-state index in [1.165, 1.54) is 13.2 Å². The average Bonchev–Trinajstić information content (AvgIpc) is 3.21. The SMILES string of the molecule is CN(C)c1ccc(N=C=O)cc1.COC(=O)C(O)C(Cl)c1ccc2[nH]c3ccccc3c2c1. The number of isocyanates is 1. The maximum atomic E-state index is 11.4. The van der Waals surface area contributed by atoms with Gasteiger partial charge in [0.15, 0.2) is 6.10 Å². The molecular formula is C25H24ClN3O4. The number of hydrogen-bond donors (Lipinski definition) is 2. The lowest BCUT2D eigenvalue weighted by Crippen LogP contribution is -2.26. The summed E-state index contributed by atoms with van der Waals surface area (Å²) in [6.07, 6.45) is 0.105. The van der Waals surface area contributed by atoms with Crippen LogP contribution >= 0.6 is 11.6 Å². The normalized spacial score (nSPS) is 12.3. The van der Waals surface area contributed by atoms with Crippen LogP contribution in [0.25, 0.3) is 21.8 Å². The van der Waals surface area contributed by atoms with E-state index >= 15 is 0 Å². The number of aliphatic hydroxyl groups is 1. The molecule has 3 aromatic carbocycles. The van der Waals surface area contributed by atoms with E-state index in [2.05, 4.69) is 14.7 Å². The molecular weight excluding hydrogens is 442 g/mol. The Hall–Kier alpha value is -3.64. The number of rotatable bonds is 5. The van der Waals surface area contributed by atoms with Crippen LogP contribution < -0.4 is 4.90 Å². The molecule has 0 bridgehead atoms. The van der Waals surface area contributed by atoms with Crippen LogP contribution in [-0.2, 0) is 14.3 Å². The number of methoxy groups -OCH3 is 1. The number of benzene rings is 3. The molecule has 0 aliphatic carbocycles. The van der Waals surface area contributed by atoms with E-state index in [4.69, 9.17) is 11.6 Å². The summed E-state index contributed by atoms with van der Waals surface area (Å²) in [4.78, 5) is 30.1. The van der Waals surface area contributed by atoms with E-state index in [9.17, 15) is 14.7 Å². The molecule has 33 heavy (non-hydrogen) atoms. The van der Waals surface area contributed by atoms with Crippen molar-refractivity contribution >= 4 is 56.8 Å². The number of aliphatic hydroxyl groups excluding tert-OH is 1. The third-order valence-corrected chi connectivity index (χ3v) is 5.60. The number of anilines is 1. The quantitative estimate of drug-likeness (QED) is 0.190. The first-order valence-corrected chi connectivity index (χ1v) is 10.5. The van der Waals surface area contributed by atoms with Crippen molar-refractivity contribution in [3.63, 3.8) is 0 Å². The Kier molecular flexibility index (Phi) is 7.85. The molecule has 0 fully saturated rings. The highest BCUT2D eigenvalue weighted by Gasteiger charge is 2.26. The number of esters is 1. The van der Waals surface area contributed by atoms with Crippen molar-refractivity contribution in [1.82, 2.24) is 4.98 Å². The smallest absolute Gasteiger partial charge is 0.336 e. The predicted molar refractivity (Wildman–Crippen MR) is 131 cm³/mol. The van der Waals surface area contributed by atoms with Crippen LogP contribution in [0.4, 0.5) is 11.4 Å². The molecule has 7 nitrogen and oxygen atoms in total. The summed E-state index contributed by atoms with van der Waals surface area (Å²) in [7, 11) is 5.13. The van der Waals surface area contributed by atoms with Crippen LogP contribution in [0.2, 0.25) is 0 Å². The van der Waals surface area contributed by atoms with Crippen LogP contribution in [0, 0.1) is 0 Å². The lowest BCUT2D eigenvalue weighted by Gasteiger charge is -2.15. The molecule has 1 aromatic heterocycles. The minimum Gasteiger partial charge on any atom is -0.467 e. The number of nitrogens with one attached hydrogen (secondary N) is 1. The minimum absolute atomic E-state index is 0.635. The molecule has 2 atom stereocenters. The highest BCUT2D eigenvalue weighted by molar-refractivity contribution is 6.23. The lowest BCUT2D eigenvalue weighted by atomic mass is 10.0. The Bertz CT molecular complexity index is 1290. The van der Waals surface area contributed by atoms with Gasteiger partial charge in [-0.2, -0.15) is 4.99 Å². The number of halogens is 1. The number of aromatic amines is 1. The summed E-state index contributed by atoms with van der Waals surface area (Å²) < 4.78 is 4.52. The number of H-pyrrole nitrogens is 1. The fourth-order valence-electron chi connectivity index (χ4n) is 3.34. The highest BCUT2D eigenvalue weighted by Crippen LogP contribution is 2.31. The fraction of sp³-hybridized carbons (Fsp3) is 0.200. The van der Waals surface area contributed by atoms with Gasteiger partial charge in [-0.3, -0.25) is 0 Å². The number of carbonyl (C=O) groups excluding carboxylic acids is 2. The van der Waals surface area contributed by atoms with Gasteiger partial charge in [0.05, 0.1) is 18.2 Å². The topological polar surface area (TPSA) is 95.0 Å². The summed E-state index contributed by atoms with van der Waals surface area (Å²) in [6, 6.07) is 20.9. The molecule has 0 spiro atoms. The van der Waals surface area contributed by atoms with Gasteiger partial charge in [0.25, 0.3) is 0 Å². The number of fused-ring (bicyclic) bond motifs is 3. The molecule has 2 N–H and O–H groups in total. The summed E-state index contributed by atoms with van der Waals surface area (Å²) in [5.74, 6) is -0.742. The summed E-state index contributed by atoms with van der Waals surface area (Å²) in [5.41, 5.74) is 4.41. The maximum Gasteiger partial charge on any atom is 0.336 e. The van der Waals surface area contributed by atoms with Gasteiger partial charge in [0, 0.05) is 41.6 Å². The van der Waals surface area contributed by atoms with Gasteiger partial charge in [-0.25, -0.2) is 9.59 Å². The zero-order valence-corrected chi connectivity index (χ0v) is 19.2. The molecule has 2 unspecified atom stereocenters. The Labute approximate surface area is 196 Å². The molecule has 0 amide bonds. The van der Waals surface area contributed by atoms with Crippen molar-refractivity contribution in [2.75, 3.05) is 26.1 Å². The Morgan fingerprint density at radius 1 is 1.06 bits per heavy atom. The number of nitrogens with zero attached hydrogens (tertiary/aromatic N) is 2. The van der Waals surface area contributed by atoms with Crippen LogP contribution in [-0.4, -0.2) is 49.4 Å². The van der Waals surface area contributed by atoms with E-state index in [0.29, 0.717) is 11.3 Å². The average molecular weight is 466 g/mol. The molecule has 4 rings (SSSR count). The molecule has 0 aliphatic rings. The van der Waals surface area contributed by atoms with Crippen molar-refractivity contribution < 1.29 is 19.4 Å². The van der Waals surface area contributed by atoms with Crippen LogP contribution in [0.15, 0.2) is 71.7 Å². The second-order valence-electron chi connectivity index (χ2n) is 7.46. The van der Waals surface area contributed by atoms with E-state index in [1.54, 1.807) is 18.2 Å².